The maximum absolute atomic E-state index is 6.41. The number of fused-ring (bicyclic) bond motifs is 9. The Hall–Kier alpha value is -8.01. The van der Waals surface area contributed by atoms with Crippen molar-refractivity contribution in [3.8, 4) is 44.5 Å². The summed E-state index contributed by atoms with van der Waals surface area (Å²) in [5.41, 5.74) is 9.18. The number of aromatic nitrogens is 4. The number of oxime groups is 6. The summed E-state index contributed by atoms with van der Waals surface area (Å²) in [6.07, 6.45) is 13.7. The highest BCUT2D eigenvalue weighted by atomic mass is 16.9. The largest absolute Gasteiger partial charge is 0.640 e. The van der Waals surface area contributed by atoms with E-state index in [1.807, 2.05) is 84.9 Å². The third-order valence-corrected chi connectivity index (χ3v) is 10.3. The summed E-state index contributed by atoms with van der Waals surface area (Å²) in [7, 11) is 0. The first-order valence-electron chi connectivity index (χ1n) is 19.7. The lowest BCUT2D eigenvalue weighted by molar-refractivity contribution is 0.0769. The minimum Gasteiger partial charge on any atom is -0.536 e. The van der Waals surface area contributed by atoms with Gasteiger partial charge in [-0.25, -0.2) is 0 Å². The first-order valence-corrected chi connectivity index (χ1v) is 19.7. The smallest absolute Gasteiger partial charge is 0.536 e. The molecule has 0 saturated carbocycles. The lowest BCUT2D eigenvalue weighted by Gasteiger charge is -2.37. The fourth-order valence-electron chi connectivity index (χ4n) is 6.32. The van der Waals surface area contributed by atoms with Gasteiger partial charge in [-0.05, 0) is 147 Å². The van der Waals surface area contributed by atoms with Crippen LogP contribution in [0.25, 0.3) is 44.5 Å². The zero-order valence-corrected chi connectivity index (χ0v) is 34.8. The van der Waals surface area contributed by atoms with Crippen molar-refractivity contribution < 1.29 is 28.5 Å². The van der Waals surface area contributed by atoms with E-state index in [0.717, 1.165) is 44.5 Å². The molecule has 0 fully saturated rings. The van der Waals surface area contributed by atoms with Gasteiger partial charge in [-0.1, -0.05) is 35.2 Å². The molecule has 9 rings (SSSR count). The minimum atomic E-state index is -3.21. The second-order valence-electron chi connectivity index (χ2n) is 14.6. The van der Waals surface area contributed by atoms with E-state index in [0.29, 0.717) is 10.9 Å². The molecule has 62 heavy (non-hydrogen) atoms. The van der Waals surface area contributed by atoms with Gasteiger partial charge in [0.1, 0.15) is 0 Å². The molecule has 3 aliphatic rings. The molecule has 7 heterocycles. The highest BCUT2D eigenvalue weighted by Gasteiger charge is 2.44. The van der Waals surface area contributed by atoms with Crippen LogP contribution < -0.4 is 10.9 Å². The highest BCUT2D eigenvalue weighted by molar-refractivity contribution is 6.76. The van der Waals surface area contributed by atoms with Crippen molar-refractivity contribution >= 4 is 58.7 Å². The van der Waals surface area contributed by atoms with Gasteiger partial charge in [-0.2, -0.15) is 0 Å². The maximum atomic E-state index is 6.41. The van der Waals surface area contributed by atoms with E-state index in [9.17, 15) is 0 Å². The molecule has 0 unspecified atom stereocenters. The Kier molecular flexibility index (Phi) is 11.6. The lowest BCUT2D eigenvalue weighted by atomic mass is 9.68. The Labute approximate surface area is 357 Å². The Morgan fingerprint density at radius 2 is 0.468 bits per heavy atom. The zero-order chi connectivity index (χ0) is 43.1. The first kappa shape index (κ1) is 40.8. The Morgan fingerprint density at radius 1 is 0.274 bits per heavy atom. The van der Waals surface area contributed by atoms with Gasteiger partial charge >= 0.3 is 13.5 Å². The van der Waals surface area contributed by atoms with Crippen molar-refractivity contribution in [2.24, 2.45) is 30.9 Å². The summed E-state index contributed by atoms with van der Waals surface area (Å²) in [5.74, 6) is 0. The van der Waals surface area contributed by atoms with E-state index < -0.39 is 13.5 Å². The molecule has 0 saturated heterocycles. The molecule has 310 valence electrons. The van der Waals surface area contributed by atoms with E-state index in [4.69, 9.17) is 28.5 Å². The SMILES string of the molecule is CC1=NO[B-]2(c3cc(-c4ccncc4)cc(-c4ccncc4)c3)O/N=C(C)/C(C)=N/O[B-](c3cc(-c4ccncc4)cc(-c4ccncc4)c3)(O/N=C/1C)O/N=C(C)/C(C)=N/O2. The lowest BCUT2D eigenvalue weighted by Crippen LogP contribution is -2.55. The van der Waals surface area contributed by atoms with E-state index in [2.05, 4.69) is 50.9 Å². The normalized spacial score (nSPS) is 23.5. The summed E-state index contributed by atoms with van der Waals surface area (Å²) in [6.45, 7) is 3.70. The second-order valence-corrected chi connectivity index (χ2v) is 14.6. The molecule has 3 aliphatic heterocycles. The number of rotatable bonds is 6. The molecular weight excluding hydrogens is 786 g/mol. The predicted molar refractivity (Wildman–Crippen MR) is 242 cm³/mol. The fraction of sp³-hybridized carbons (Fsp3) is 0.136. The van der Waals surface area contributed by atoms with E-state index in [1.165, 1.54) is 0 Å². The number of hydrogen-bond donors (Lipinski definition) is 0. The average molecular weight is 826 g/mol. The maximum Gasteiger partial charge on any atom is 0.640 e. The standard InChI is InChI=1S/C44H40B2N10O6/c1-29-30(2)52-58-46(44-27-41(37-11-19-49-20-12-37)24-42(28-44)38-13-21-50-22-14-38)61-55-33(5)31(3)53-59-45(57-51-29,60-54-32(4)34(6)56-62-46)43-25-39(35-7-15-47-16-8-35)23-40(26-43)36-9-17-48-18-10-36/h7-28H,1-6H3/q-2/b51-29+,52-30+,53-31+,54-32+,55-33+,56-34?. The fourth-order valence-corrected chi connectivity index (χ4v) is 6.32. The second kappa shape index (κ2) is 17.7. The number of nitrogens with zero attached hydrogens (tertiary/aromatic N) is 10. The topological polar surface area (TPSA) is 181 Å². The molecule has 2 aromatic carbocycles. The quantitative estimate of drug-likeness (QED) is 0.155. The third kappa shape index (κ3) is 8.79. The van der Waals surface area contributed by atoms with Crippen LogP contribution in [0.4, 0.5) is 0 Å². The Morgan fingerprint density at radius 3 is 0.661 bits per heavy atom. The van der Waals surface area contributed by atoms with Crippen LogP contribution in [0.5, 0.6) is 0 Å². The molecular formula is C44H40B2N10O6-2. The van der Waals surface area contributed by atoms with Crippen LogP contribution in [0.15, 0.2) is 165 Å². The molecule has 0 amide bonds. The van der Waals surface area contributed by atoms with Crippen molar-refractivity contribution in [1.82, 2.24) is 19.9 Å². The summed E-state index contributed by atoms with van der Waals surface area (Å²) >= 11 is 0. The molecule has 4 aromatic heterocycles. The van der Waals surface area contributed by atoms with E-state index in [1.54, 1.807) is 91.1 Å². The van der Waals surface area contributed by atoms with Crippen molar-refractivity contribution in [1.29, 1.82) is 0 Å². The van der Waals surface area contributed by atoms with E-state index >= 15 is 0 Å². The highest BCUT2D eigenvalue weighted by Crippen LogP contribution is 2.30. The van der Waals surface area contributed by atoms with Crippen molar-refractivity contribution in [2.45, 2.75) is 41.5 Å². The van der Waals surface area contributed by atoms with E-state index in [-0.39, 0.29) is 34.3 Å². The van der Waals surface area contributed by atoms with Gasteiger partial charge in [-0.15, -0.1) is 30.9 Å². The third-order valence-electron chi connectivity index (χ3n) is 10.3. The number of pyridine rings is 4. The van der Waals surface area contributed by atoms with Crippen LogP contribution in [0.1, 0.15) is 41.5 Å². The molecule has 18 heteroatoms. The van der Waals surface area contributed by atoms with Gasteiger partial charge in [0.25, 0.3) is 0 Å². The summed E-state index contributed by atoms with van der Waals surface area (Å²) in [5, 5.41) is 27.1. The van der Waals surface area contributed by atoms with Gasteiger partial charge < -0.3 is 28.5 Å². The molecule has 0 aliphatic carbocycles. The summed E-state index contributed by atoms with van der Waals surface area (Å²) in [4.78, 5) is 16.9. The van der Waals surface area contributed by atoms with Crippen LogP contribution in [0.3, 0.4) is 0 Å². The van der Waals surface area contributed by atoms with Crippen molar-refractivity contribution in [3.63, 3.8) is 0 Å². The molecule has 0 radical (unpaired) electrons. The molecule has 6 aromatic rings. The van der Waals surface area contributed by atoms with Gasteiger partial charge in [0.2, 0.25) is 0 Å². The average Bonchev–Trinajstić information content (AvgIpc) is 3.33. The van der Waals surface area contributed by atoms with Gasteiger partial charge in [0.15, 0.2) is 0 Å². The van der Waals surface area contributed by atoms with Crippen LogP contribution in [0, 0.1) is 0 Å². The minimum absolute atomic E-state index is 0.283. The first-order chi connectivity index (χ1) is 30.1. The zero-order valence-electron chi connectivity index (χ0n) is 34.8. The number of hydrogen-bond acceptors (Lipinski definition) is 16. The molecule has 0 atom stereocenters. The monoisotopic (exact) mass is 826 g/mol. The molecule has 0 N–H and O–H groups in total. The van der Waals surface area contributed by atoms with Crippen LogP contribution in [-0.2, 0) is 28.5 Å². The Balaban J connectivity index is 1.34. The van der Waals surface area contributed by atoms with Crippen molar-refractivity contribution in [3.05, 3.63) is 135 Å². The summed E-state index contributed by atoms with van der Waals surface area (Å²) < 4.78 is 38.4. The van der Waals surface area contributed by atoms with Gasteiger partial charge in [-0.3, -0.25) is 19.9 Å². The van der Waals surface area contributed by atoms with Crippen LogP contribution in [-0.4, -0.2) is 67.7 Å². The molecule has 0 spiro atoms. The predicted octanol–water partition coefficient (Wildman–Crippen LogP) is 7.31. The van der Waals surface area contributed by atoms with Crippen LogP contribution in [0.2, 0.25) is 0 Å². The van der Waals surface area contributed by atoms with Gasteiger partial charge in [0, 0.05) is 49.6 Å². The number of benzene rings is 2. The molecule has 16 nitrogen and oxygen atoms in total. The van der Waals surface area contributed by atoms with Gasteiger partial charge in [0.05, 0.1) is 34.3 Å². The molecule has 2 bridgehead atoms. The van der Waals surface area contributed by atoms with Crippen LogP contribution >= 0.6 is 0 Å². The van der Waals surface area contributed by atoms with Crippen molar-refractivity contribution in [2.75, 3.05) is 0 Å². The Bertz CT molecular complexity index is 2370. The summed E-state index contributed by atoms with van der Waals surface area (Å²) in [6, 6.07) is 26.7.